The van der Waals surface area contributed by atoms with Crippen molar-refractivity contribution in [1.29, 1.82) is 0 Å². The number of nitrogens with zero attached hydrogens (tertiary/aromatic N) is 2. The van der Waals surface area contributed by atoms with Crippen LogP contribution in [0.3, 0.4) is 0 Å². The topological polar surface area (TPSA) is 29.9 Å². The average molecular weight is 271 g/mol. The lowest BCUT2D eigenvalue weighted by Gasteiger charge is -2.11. The van der Waals surface area contributed by atoms with Gasteiger partial charge in [-0.15, -0.1) is 0 Å². The van der Waals surface area contributed by atoms with E-state index in [1.54, 1.807) is 0 Å². The molecule has 0 aliphatic carbocycles. The van der Waals surface area contributed by atoms with Crippen LogP contribution in [0.15, 0.2) is 24.4 Å². The van der Waals surface area contributed by atoms with Crippen LogP contribution < -0.4 is 5.32 Å². The number of benzene rings is 1. The molecule has 1 aromatic heterocycles. The molecule has 3 heteroatoms. The van der Waals surface area contributed by atoms with Gasteiger partial charge in [0, 0.05) is 31.4 Å². The van der Waals surface area contributed by atoms with Crippen LogP contribution in [-0.4, -0.2) is 15.8 Å². The van der Waals surface area contributed by atoms with Crippen LogP contribution in [0, 0.1) is 6.92 Å². The van der Waals surface area contributed by atoms with Gasteiger partial charge in [-0.3, -0.25) is 4.68 Å². The van der Waals surface area contributed by atoms with Crippen LogP contribution in [0.2, 0.25) is 0 Å². The Morgan fingerprint density at radius 3 is 2.65 bits per heavy atom. The molecule has 1 heterocycles. The van der Waals surface area contributed by atoms with Crippen molar-refractivity contribution in [2.75, 3.05) is 0 Å². The van der Waals surface area contributed by atoms with Crippen LogP contribution in [0.25, 0.3) is 11.1 Å². The van der Waals surface area contributed by atoms with E-state index in [0.29, 0.717) is 6.04 Å². The molecule has 3 nitrogen and oxygen atoms in total. The zero-order valence-electron chi connectivity index (χ0n) is 13.2. The molecule has 0 atom stereocenters. The first-order chi connectivity index (χ1) is 9.51. The van der Waals surface area contributed by atoms with Crippen molar-refractivity contribution in [3.8, 4) is 11.1 Å². The molecule has 1 aromatic carbocycles. The summed E-state index contributed by atoms with van der Waals surface area (Å²) < 4.78 is 1.91. The van der Waals surface area contributed by atoms with Crippen molar-refractivity contribution < 1.29 is 0 Å². The molecule has 0 saturated heterocycles. The second kappa shape index (κ2) is 6.23. The summed E-state index contributed by atoms with van der Waals surface area (Å²) in [6.45, 7) is 9.58. The second-order valence-corrected chi connectivity index (χ2v) is 5.70. The zero-order chi connectivity index (χ0) is 14.7. The highest BCUT2D eigenvalue weighted by Crippen LogP contribution is 2.27. The van der Waals surface area contributed by atoms with E-state index in [1.165, 1.54) is 27.9 Å². The largest absolute Gasteiger partial charge is 0.310 e. The fourth-order valence-corrected chi connectivity index (χ4v) is 2.41. The van der Waals surface area contributed by atoms with Crippen molar-refractivity contribution >= 4 is 0 Å². The first-order valence-corrected chi connectivity index (χ1v) is 7.37. The molecule has 0 radical (unpaired) electrons. The van der Waals surface area contributed by atoms with Crippen molar-refractivity contribution in [2.45, 2.75) is 46.7 Å². The third kappa shape index (κ3) is 3.28. The third-order valence-corrected chi connectivity index (χ3v) is 3.55. The maximum absolute atomic E-state index is 4.55. The predicted octanol–water partition coefficient (Wildman–Crippen LogP) is 3.46. The summed E-state index contributed by atoms with van der Waals surface area (Å²) in [5, 5.41) is 8.02. The normalized spacial score (nSPS) is 11.3. The predicted molar refractivity (Wildman–Crippen MR) is 84.7 cm³/mol. The Morgan fingerprint density at radius 1 is 1.25 bits per heavy atom. The van der Waals surface area contributed by atoms with Gasteiger partial charge in [0.25, 0.3) is 0 Å². The van der Waals surface area contributed by atoms with Crippen molar-refractivity contribution in [2.24, 2.45) is 7.05 Å². The highest BCUT2D eigenvalue weighted by Gasteiger charge is 2.11. The monoisotopic (exact) mass is 271 g/mol. The molecule has 0 unspecified atom stereocenters. The fourth-order valence-electron chi connectivity index (χ4n) is 2.41. The van der Waals surface area contributed by atoms with Crippen LogP contribution in [0.1, 0.15) is 37.6 Å². The minimum atomic E-state index is 0.504. The van der Waals surface area contributed by atoms with Crippen molar-refractivity contribution in [3.05, 3.63) is 41.2 Å². The standard InChI is InChI=1S/C17H25N3/c1-6-17-16(11-20(5)19-17)15-9-14(8-7-13(15)4)10-18-12(2)3/h7-9,11-12,18H,6,10H2,1-5H3. The minimum absolute atomic E-state index is 0.504. The maximum Gasteiger partial charge on any atom is 0.0700 e. The molecule has 2 aromatic rings. The SMILES string of the molecule is CCc1nn(C)cc1-c1cc(CNC(C)C)ccc1C. The first-order valence-electron chi connectivity index (χ1n) is 7.37. The summed E-state index contributed by atoms with van der Waals surface area (Å²) >= 11 is 0. The number of nitrogens with one attached hydrogen (secondary N) is 1. The smallest absolute Gasteiger partial charge is 0.0700 e. The lowest BCUT2D eigenvalue weighted by molar-refractivity contribution is 0.589. The van der Waals surface area contributed by atoms with Crippen molar-refractivity contribution in [3.63, 3.8) is 0 Å². The van der Waals surface area contributed by atoms with Crippen LogP contribution in [-0.2, 0) is 20.0 Å². The summed E-state index contributed by atoms with van der Waals surface area (Å²) in [5.74, 6) is 0. The summed E-state index contributed by atoms with van der Waals surface area (Å²) in [5.41, 5.74) is 6.37. The van der Waals surface area contributed by atoms with E-state index < -0.39 is 0 Å². The summed E-state index contributed by atoms with van der Waals surface area (Å²) in [6.07, 6.45) is 3.09. The molecule has 108 valence electrons. The molecule has 20 heavy (non-hydrogen) atoms. The Kier molecular flexibility index (Phi) is 4.61. The number of hydrogen-bond donors (Lipinski definition) is 1. The Bertz CT molecular complexity index is 582. The Balaban J connectivity index is 2.37. The van der Waals surface area contributed by atoms with E-state index in [0.717, 1.165) is 13.0 Å². The van der Waals surface area contributed by atoms with E-state index in [4.69, 9.17) is 0 Å². The number of aryl methyl sites for hydroxylation is 3. The highest BCUT2D eigenvalue weighted by atomic mass is 15.2. The Labute approximate surface area is 122 Å². The van der Waals surface area contributed by atoms with E-state index in [-0.39, 0.29) is 0 Å². The quantitative estimate of drug-likeness (QED) is 0.902. The highest BCUT2D eigenvalue weighted by molar-refractivity contribution is 5.69. The molecule has 2 rings (SSSR count). The summed E-state index contributed by atoms with van der Waals surface area (Å²) in [7, 11) is 1.99. The zero-order valence-corrected chi connectivity index (χ0v) is 13.2. The summed E-state index contributed by atoms with van der Waals surface area (Å²) in [4.78, 5) is 0. The van der Waals surface area contributed by atoms with Gasteiger partial charge in [0.05, 0.1) is 5.69 Å². The van der Waals surface area contributed by atoms with Gasteiger partial charge in [0.1, 0.15) is 0 Å². The molecular formula is C17H25N3. The number of aromatic nitrogens is 2. The molecular weight excluding hydrogens is 246 g/mol. The summed E-state index contributed by atoms with van der Waals surface area (Å²) in [6, 6.07) is 7.21. The van der Waals surface area contributed by atoms with Gasteiger partial charge in [-0.1, -0.05) is 32.9 Å². The van der Waals surface area contributed by atoms with Gasteiger partial charge in [0.2, 0.25) is 0 Å². The van der Waals surface area contributed by atoms with E-state index in [2.05, 4.69) is 62.5 Å². The van der Waals surface area contributed by atoms with E-state index in [9.17, 15) is 0 Å². The van der Waals surface area contributed by atoms with Crippen molar-refractivity contribution in [1.82, 2.24) is 15.1 Å². The maximum atomic E-state index is 4.55. The molecule has 0 spiro atoms. The van der Waals surface area contributed by atoms with E-state index >= 15 is 0 Å². The van der Waals surface area contributed by atoms with Crippen LogP contribution in [0.4, 0.5) is 0 Å². The molecule has 0 amide bonds. The minimum Gasteiger partial charge on any atom is -0.310 e. The van der Waals surface area contributed by atoms with E-state index in [1.807, 2.05) is 11.7 Å². The molecule has 0 saturated carbocycles. The number of hydrogen-bond acceptors (Lipinski definition) is 2. The molecule has 1 N–H and O–H groups in total. The lowest BCUT2D eigenvalue weighted by atomic mass is 9.97. The Hall–Kier alpha value is -1.61. The van der Waals surface area contributed by atoms with Gasteiger partial charge in [-0.2, -0.15) is 5.10 Å². The Morgan fingerprint density at radius 2 is 2.00 bits per heavy atom. The molecule has 0 aliphatic heterocycles. The third-order valence-electron chi connectivity index (χ3n) is 3.55. The van der Waals surface area contributed by atoms with Gasteiger partial charge in [-0.25, -0.2) is 0 Å². The molecule has 0 bridgehead atoms. The van der Waals surface area contributed by atoms with Crippen LogP contribution in [0.5, 0.6) is 0 Å². The second-order valence-electron chi connectivity index (χ2n) is 5.70. The van der Waals surface area contributed by atoms with Gasteiger partial charge < -0.3 is 5.32 Å². The first kappa shape index (κ1) is 14.8. The van der Waals surface area contributed by atoms with Gasteiger partial charge in [-0.05, 0) is 36.1 Å². The molecule has 0 aliphatic rings. The van der Waals surface area contributed by atoms with Gasteiger partial charge >= 0.3 is 0 Å². The lowest BCUT2D eigenvalue weighted by Crippen LogP contribution is -2.21. The molecule has 0 fully saturated rings. The van der Waals surface area contributed by atoms with Crippen LogP contribution >= 0.6 is 0 Å². The fraction of sp³-hybridized carbons (Fsp3) is 0.471. The number of rotatable bonds is 5. The van der Waals surface area contributed by atoms with Gasteiger partial charge in [0.15, 0.2) is 0 Å². The average Bonchev–Trinajstić information content (AvgIpc) is 2.78.